The number of aryl methyl sites for hydroxylation is 1. The van der Waals surface area contributed by atoms with Gasteiger partial charge in [0.1, 0.15) is 6.04 Å². The lowest BCUT2D eigenvalue weighted by Crippen LogP contribution is -2.38. The highest BCUT2D eigenvalue weighted by Crippen LogP contribution is 2.23. The monoisotopic (exact) mass is 415 g/mol. The fourth-order valence-corrected chi connectivity index (χ4v) is 3.68. The van der Waals surface area contributed by atoms with Gasteiger partial charge in [-0.05, 0) is 49.6 Å². The van der Waals surface area contributed by atoms with Crippen LogP contribution < -0.4 is 11.1 Å². The van der Waals surface area contributed by atoms with Crippen LogP contribution in [0.25, 0.3) is 0 Å². The average Bonchev–Trinajstić information content (AvgIpc) is 2.74. The molecule has 1 aliphatic carbocycles. The van der Waals surface area contributed by atoms with Crippen LogP contribution >= 0.6 is 12.4 Å². The third-order valence-electron chi connectivity index (χ3n) is 5.56. The molecule has 1 aliphatic rings. The van der Waals surface area contributed by atoms with Crippen LogP contribution in [0.1, 0.15) is 59.6 Å². The van der Waals surface area contributed by atoms with Crippen molar-refractivity contribution in [2.45, 2.75) is 51.1 Å². The van der Waals surface area contributed by atoms with Crippen molar-refractivity contribution in [3.8, 4) is 0 Å². The van der Waals surface area contributed by atoms with Crippen molar-refractivity contribution < 1.29 is 9.59 Å². The van der Waals surface area contributed by atoms with Crippen molar-refractivity contribution in [1.29, 1.82) is 0 Å². The molecule has 0 aliphatic heterocycles. The lowest BCUT2D eigenvalue weighted by atomic mass is 9.94. The summed E-state index contributed by atoms with van der Waals surface area (Å²) in [6.45, 7) is 1.99. The third-order valence-corrected chi connectivity index (χ3v) is 5.56. The first-order valence-electron chi connectivity index (χ1n) is 9.96. The number of carbonyl (C=O) groups is 2. The Morgan fingerprint density at radius 3 is 2.17 bits per heavy atom. The topological polar surface area (TPSA) is 75.4 Å². The van der Waals surface area contributed by atoms with E-state index in [1.165, 1.54) is 19.3 Å². The number of nitrogens with two attached hydrogens (primary N) is 1. The summed E-state index contributed by atoms with van der Waals surface area (Å²) in [5, 5.41) is 2.82. The number of nitrogens with one attached hydrogen (secondary N) is 1. The summed E-state index contributed by atoms with van der Waals surface area (Å²) in [6.07, 6.45) is 5.79. The number of nitrogens with zero attached hydrogens (tertiary/aromatic N) is 1. The van der Waals surface area contributed by atoms with Crippen LogP contribution in [0, 0.1) is 6.92 Å². The molecule has 3 rings (SSSR count). The molecule has 0 saturated heterocycles. The zero-order valence-corrected chi connectivity index (χ0v) is 17.9. The van der Waals surface area contributed by atoms with Crippen LogP contribution in [-0.4, -0.2) is 29.8 Å². The largest absolute Gasteiger partial charge is 0.339 e. The molecule has 0 spiro atoms. The van der Waals surface area contributed by atoms with Crippen LogP contribution in [0.2, 0.25) is 0 Å². The summed E-state index contributed by atoms with van der Waals surface area (Å²) in [6, 6.07) is 14.2. The summed E-state index contributed by atoms with van der Waals surface area (Å²) in [5.41, 5.74) is 9.21. The molecule has 5 nitrogen and oxygen atoms in total. The van der Waals surface area contributed by atoms with Crippen molar-refractivity contribution in [2.24, 2.45) is 5.73 Å². The fourth-order valence-electron chi connectivity index (χ4n) is 3.68. The second kappa shape index (κ2) is 10.4. The molecule has 156 valence electrons. The number of amides is 2. The lowest BCUT2D eigenvalue weighted by Gasteiger charge is -2.31. The molecule has 2 aromatic rings. The van der Waals surface area contributed by atoms with Crippen molar-refractivity contribution in [3.05, 3.63) is 65.2 Å². The van der Waals surface area contributed by atoms with E-state index in [2.05, 4.69) is 5.32 Å². The van der Waals surface area contributed by atoms with Gasteiger partial charge in [-0.1, -0.05) is 49.1 Å². The van der Waals surface area contributed by atoms with Gasteiger partial charge < -0.3 is 16.0 Å². The Hall–Kier alpha value is -2.37. The third kappa shape index (κ3) is 5.81. The molecule has 1 saturated carbocycles. The molecule has 1 atom stereocenters. The molecule has 3 N–H and O–H groups in total. The molecule has 0 bridgehead atoms. The zero-order valence-electron chi connectivity index (χ0n) is 17.1. The average molecular weight is 416 g/mol. The van der Waals surface area contributed by atoms with Crippen LogP contribution in [0.5, 0.6) is 0 Å². The van der Waals surface area contributed by atoms with Crippen molar-refractivity contribution in [1.82, 2.24) is 4.90 Å². The minimum absolute atomic E-state index is 0. The summed E-state index contributed by atoms with van der Waals surface area (Å²) in [4.78, 5) is 27.0. The molecular formula is C23H30ClN3O2. The highest BCUT2D eigenvalue weighted by Gasteiger charge is 2.23. The summed E-state index contributed by atoms with van der Waals surface area (Å²) in [7, 11) is 1.88. The Bertz CT molecular complexity index is 815. The van der Waals surface area contributed by atoms with Crippen molar-refractivity contribution >= 4 is 29.9 Å². The van der Waals surface area contributed by atoms with Gasteiger partial charge >= 0.3 is 0 Å². The Kier molecular flexibility index (Phi) is 8.23. The van der Waals surface area contributed by atoms with Crippen LogP contribution in [0.4, 0.5) is 5.69 Å². The molecule has 0 heterocycles. The maximum Gasteiger partial charge on any atom is 0.253 e. The summed E-state index contributed by atoms with van der Waals surface area (Å²) in [5.74, 6) is -0.247. The Labute approximate surface area is 179 Å². The number of hydrogen-bond donors (Lipinski definition) is 2. The molecule has 2 amide bonds. The van der Waals surface area contributed by atoms with Crippen LogP contribution in [0.15, 0.2) is 48.5 Å². The molecule has 0 aromatic heterocycles. The maximum atomic E-state index is 12.7. The standard InChI is InChI=1S/C23H29N3O2.ClH/c1-16-8-10-17(11-9-16)21(24)22(27)25-19-14-12-18(13-15-19)23(28)26(2)20-6-4-3-5-7-20;/h8-15,20-21H,3-7,24H2,1-2H3,(H,25,27);1H. The van der Waals surface area contributed by atoms with E-state index < -0.39 is 6.04 Å². The van der Waals surface area contributed by atoms with Gasteiger partial charge in [0.2, 0.25) is 5.91 Å². The van der Waals surface area contributed by atoms with Crippen molar-refractivity contribution in [3.63, 3.8) is 0 Å². The van der Waals surface area contributed by atoms with E-state index in [-0.39, 0.29) is 24.2 Å². The molecular weight excluding hydrogens is 386 g/mol. The molecule has 1 fully saturated rings. The molecule has 29 heavy (non-hydrogen) atoms. The first-order chi connectivity index (χ1) is 13.5. The van der Waals surface area contributed by atoms with Crippen LogP contribution in [-0.2, 0) is 4.79 Å². The highest BCUT2D eigenvalue weighted by atomic mass is 35.5. The van der Waals surface area contributed by atoms with Gasteiger partial charge in [0.05, 0.1) is 0 Å². The summed E-state index contributed by atoms with van der Waals surface area (Å²) >= 11 is 0. The fraction of sp³-hybridized carbons (Fsp3) is 0.391. The number of rotatable bonds is 5. The van der Waals surface area contributed by atoms with E-state index in [1.807, 2.05) is 43.1 Å². The first-order valence-corrected chi connectivity index (χ1v) is 9.96. The van der Waals surface area contributed by atoms with Gasteiger partial charge in [-0.3, -0.25) is 9.59 Å². The van der Waals surface area contributed by atoms with E-state index in [1.54, 1.807) is 24.3 Å². The Morgan fingerprint density at radius 1 is 1.00 bits per heavy atom. The minimum Gasteiger partial charge on any atom is -0.339 e. The molecule has 6 heteroatoms. The van der Waals surface area contributed by atoms with E-state index in [9.17, 15) is 9.59 Å². The predicted octanol–water partition coefficient (Wildman–Crippen LogP) is 4.46. The first kappa shape index (κ1) is 22.9. The highest BCUT2D eigenvalue weighted by molar-refractivity contribution is 5.97. The molecule has 2 aromatic carbocycles. The van der Waals surface area contributed by atoms with E-state index in [4.69, 9.17) is 5.73 Å². The van der Waals surface area contributed by atoms with E-state index in [0.717, 1.165) is 24.0 Å². The van der Waals surface area contributed by atoms with E-state index in [0.29, 0.717) is 17.3 Å². The second-order valence-electron chi connectivity index (χ2n) is 7.66. The SMILES string of the molecule is Cc1ccc(C(N)C(=O)Nc2ccc(C(=O)N(C)C3CCCCC3)cc2)cc1.Cl. The molecule has 0 radical (unpaired) electrons. The van der Waals surface area contributed by atoms with Gasteiger partial charge in [-0.2, -0.15) is 0 Å². The number of carbonyl (C=O) groups excluding carboxylic acids is 2. The van der Waals surface area contributed by atoms with Gasteiger partial charge in [-0.25, -0.2) is 0 Å². The molecule has 1 unspecified atom stereocenters. The van der Waals surface area contributed by atoms with E-state index >= 15 is 0 Å². The van der Waals surface area contributed by atoms with Gasteiger partial charge in [0.15, 0.2) is 0 Å². The van der Waals surface area contributed by atoms with Crippen LogP contribution in [0.3, 0.4) is 0 Å². The number of hydrogen-bond acceptors (Lipinski definition) is 3. The maximum absolute atomic E-state index is 12.7. The minimum atomic E-state index is -0.737. The Balaban J connectivity index is 0.00000300. The predicted molar refractivity (Wildman–Crippen MR) is 119 cm³/mol. The number of benzene rings is 2. The lowest BCUT2D eigenvalue weighted by molar-refractivity contribution is -0.117. The number of anilines is 1. The Morgan fingerprint density at radius 2 is 1.59 bits per heavy atom. The second-order valence-corrected chi connectivity index (χ2v) is 7.66. The zero-order chi connectivity index (χ0) is 20.1. The quantitative estimate of drug-likeness (QED) is 0.756. The van der Waals surface area contributed by atoms with Crippen molar-refractivity contribution in [2.75, 3.05) is 12.4 Å². The normalized spacial score (nSPS) is 15.1. The van der Waals surface area contributed by atoms with Gasteiger partial charge in [-0.15, -0.1) is 12.4 Å². The van der Waals surface area contributed by atoms with Gasteiger partial charge in [0.25, 0.3) is 5.91 Å². The number of halogens is 1. The smallest absolute Gasteiger partial charge is 0.253 e. The van der Waals surface area contributed by atoms with Gasteiger partial charge in [0, 0.05) is 24.3 Å². The summed E-state index contributed by atoms with van der Waals surface area (Å²) < 4.78 is 0.